The van der Waals surface area contributed by atoms with E-state index in [0.717, 1.165) is 28.4 Å². The van der Waals surface area contributed by atoms with Gasteiger partial charge in [0.05, 0.1) is 11.3 Å². The summed E-state index contributed by atoms with van der Waals surface area (Å²) < 4.78 is 6.89. The van der Waals surface area contributed by atoms with E-state index in [4.69, 9.17) is 4.52 Å². The zero-order chi connectivity index (χ0) is 20.9. The predicted molar refractivity (Wildman–Crippen MR) is 112 cm³/mol. The molecule has 0 fully saturated rings. The van der Waals surface area contributed by atoms with Gasteiger partial charge in [-0.25, -0.2) is 14.6 Å². The number of pyridine rings is 2. The zero-order valence-corrected chi connectivity index (χ0v) is 17.4. The fourth-order valence-electron chi connectivity index (χ4n) is 2.87. The lowest BCUT2D eigenvalue weighted by Gasteiger charge is -2.09. The first-order valence-corrected chi connectivity index (χ1v) is 10.3. The Hall–Kier alpha value is -3.46. The first kappa shape index (κ1) is 19.8. The summed E-state index contributed by atoms with van der Waals surface area (Å²) in [4.78, 5) is 21.5. The minimum atomic E-state index is -0.180. The highest BCUT2D eigenvalue weighted by atomic mass is 32.2. The van der Waals surface area contributed by atoms with Crippen molar-refractivity contribution >= 4 is 17.7 Å². The van der Waals surface area contributed by atoms with Gasteiger partial charge in [0.25, 0.3) is 5.91 Å². The molecule has 0 saturated heterocycles. The topological polar surface area (TPSA) is 98.7 Å². The minimum absolute atomic E-state index is 0.180. The molecule has 0 aliphatic heterocycles. The van der Waals surface area contributed by atoms with Crippen LogP contribution in [0.3, 0.4) is 0 Å². The van der Waals surface area contributed by atoms with Crippen molar-refractivity contribution < 1.29 is 9.32 Å². The lowest BCUT2D eigenvalue weighted by Crippen LogP contribution is -2.23. The van der Waals surface area contributed by atoms with E-state index in [1.807, 2.05) is 38.2 Å². The predicted octanol–water partition coefficient (Wildman–Crippen LogP) is 3.49. The number of nitrogens with zero attached hydrogens (tertiary/aromatic N) is 5. The number of aryl methyl sites for hydroxylation is 2. The average Bonchev–Trinajstić information content (AvgIpc) is 3.42. The van der Waals surface area contributed by atoms with Crippen LogP contribution in [0.1, 0.15) is 32.9 Å². The number of nitrogens with one attached hydrogen (secondary N) is 1. The third-order valence-electron chi connectivity index (χ3n) is 4.55. The molecule has 0 bridgehead atoms. The van der Waals surface area contributed by atoms with Crippen LogP contribution in [0.15, 0.2) is 64.7 Å². The van der Waals surface area contributed by atoms with Gasteiger partial charge in [-0.3, -0.25) is 4.79 Å². The SMILES string of the molecule is Cc1noc(C)c1CSc1ncccc1C(=O)NCc1ccc(-n2cccn2)nc1. The summed E-state index contributed by atoms with van der Waals surface area (Å²) in [6.45, 7) is 4.16. The first-order valence-electron chi connectivity index (χ1n) is 9.34. The Bertz CT molecular complexity index is 1120. The van der Waals surface area contributed by atoms with Crippen molar-refractivity contribution in [1.29, 1.82) is 0 Å². The number of thioether (sulfide) groups is 1. The first-order chi connectivity index (χ1) is 14.6. The van der Waals surface area contributed by atoms with Crippen molar-refractivity contribution in [2.45, 2.75) is 31.2 Å². The molecule has 4 heterocycles. The normalized spacial score (nSPS) is 10.9. The van der Waals surface area contributed by atoms with E-state index >= 15 is 0 Å². The van der Waals surface area contributed by atoms with Crippen LogP contribution in [0.4, 0.5) is 0 Å². The highest BCUT2D eigenvalue weighted by Crippen LogP contribution is 2.27. The highest BCUT2D eigenvalue weighted by molar-refractivity contribution is 7.98. The fourth-order valence-corrected chi connectivity index (χ4v) is 4.01. The van der Waals surface area contributed by atoms with Crippen molar-refractivity contribution in [3.05, 3.63) is 83.3 Å². The number of aromatic nitrogens is 5. The van der Waals surface area contributed by atoms with Crippen molar-refractivity contribution in [3.8, 4) is 5.82 Å². The Morgan fingerprint density at radius 2 is 2.07 bits per heavy atom. The maximum absolute atomic E-state index is 12.8. The number of hydrogen-bond acceptors (Lipinski definition) is 7. The minimum Gasteiger partial charge on any atom is -0.361 e. The second-order valence-electron chi connectivity index (χ2n) is 6.61. The van der Waals surface area contributed by atoms with E-state index in [9.17, 15) is 4.79 Å². The van der Waals surface area contributed by atoms with Gasteiger partial charge in [-0.2, -0.15) is 5.10 Å². The second kappa shape index (κ2) is 8.91. The Labute approximate surface area is 177 Å². The molecule has 0 atom stereocenters. The van der Waals surface area contributed by atoms with Gasteiger partial charge in [0.2, 0.25) is 0 Å². The van der Waals surface area contributed by atoms with Gasteiger partial charge in [-0.1, -0.05) is 11.2 Å². The summed E-state index contributed by atoms with van der Waals surface area (Å²) in [7, 11) is 0. The molecule has 1 N–H and O–H groups in total. The summed E-state index contributed by atoms with van der Waals surface area (Å²) in [5.74, 6) is 1.96. The summed E-state index contributed by atoms with van der Waals surface area (Å²) in [6, 6.07) is 9.15. The van der Waals surface area contributed by atoms with Gasteiger partial charge < -0.3 is 9.84 Å². The molecule has 1 amide bonds. The van der Waals surface area contributed by atoms with Gasteiger partial charge in [0, 0.05) is 42.6 Å². The maximum Gasteiger partial charge on any atom is 0.254 e. The highest BCUT2D eigenvalue weighted by Gasteiger charge is 2.15. The third-order valence-corrected chi connectivity index (χ3v) is 5.58. The van der Waals surface area contributed by atoms with Crippen LogP contribution in [0.25, 0.3) is 5.82 Å². The molecular weight excluding hydrogens is 400 g/mol. The molecule has 4 aromatic rings. The molecule has 0 spiro atoms. The van der Waals surface area contributed by atoms with Crippen LogP contribution in [0.5, 0.6) is 0 Å². The van der Waals surface area contributed by atoms with E-state index in [2.05, 4.69) is 25.5 Å². The molecular formula is C21H20N6O2S. The van der Waals surface area contributed by atoms with E-state index < -0.39 is 0 Å². The number of rotatable bonds is 7. The summed E-state index contributed by atoms with van der Waals surface area (Å²) in [6.07, 6.45) is 6.94. The van der Waals surface area contributed by atoms with Gasteiger partial charge in [0.15, 0.2) is 5.82 Å². The quantitative estimate of drug-likeness (QED) is 0.457. The lowest BCUT2D eigenvalue weighted by atomic mass is 10.2. The Morgan fingerprint density at radius 3 is 2.77 bits per heavy atom. The van der Waals surface area contributed by atoms with Crippen molar-refractivity contribution in [2.75, 3.05) is 0 Å². The van der Waals surface area contributed by atoms with Crippen LogP contribution in [0.2, 0.25) is 0 Å². The van der Waals surface area contributed by atoms with E-state index in [1.54, 1.807) is 35.4 Å². The molecule has 0 aliphatic rings. The smallest absolute Gasteiger partial charge is 0.254 e. The van der Waals surface area contributed by atoms with Gasteiger partial charge >= 0.3 is 0 Å². The van der Waals surface area contributed by atoms with Crippen LogP contribution in [-0.2, 0) is 12.3 Å². The molecule has 0 radical (unpaired) electrons. The molecule has 9 heteroatoms. The molecule has 0 aliphatic carbocycles. The monoisotopic (exact) mass is 420 g/mol. The fraction of sp³-hybridized carbons (Fsp3) is 0.190. The largest absolute Gasteiger partial charge is 0.361 e. The van der Waals surface area contributed by atoms with Crippen molar-refractivity contribution in [1.82, 2.24) is 30.2 Å². The number of amides is 1. The van der Waals surface area contributed by atoms with Crippen molar-refractivity contribution in [3.63, 3.8) is 0 Å². The molecule has 152 valence electrons. The Kier molecular flexibility index (Phi) is 5.89. The summed E-state index contributed by atoms with van der Waals surface area (Å²) in [5.41, 5.74) is 3.32. The molecule has 0 unspecified atom stereocenters. The summed E-state index contributed by atoms with van der Waals surface area (Å²) in [5, 5.41) is 11.7. The van der Waals surface area contributed by atoms with Gasteiger partial charge in [-0.15, -0.1) is 11.8 Å². The van der Waals surface area contributed by atoms with Crippen LogP contribution in [0, 0.1) is 13.8 Å². The second-order valence-corrected chi connectivity index (χ2v) is 7.57. The number of hydrogen-bond donors (Lipinski definition) is 1. The summed E-state index contributed by atoms with van der Waals surface area (Å²) >= 11 is 1.49. The van der Waals surface area contributed by atoms with Crippen LogP contribution < -0.4 is 5.32 Å². The van der Waals surface area contributed by atoms with Crippen LogP contribution >= 0.6 is 11.8 Å². The average molecular weight is 420 g/mol. The van der Waals surface area contributed by atoms with Crippen LogP contribution in [-0.4, -0.2) is 30.8 Å². The molecule has 4 rings (SSSR count). The number of carbonyl (C=O) groups is 1. The van der Waals surface area contributed by atoms with E-state index in [0.29, 0.717) is 22.9 Å². The molecule has 30 heavy (non-hydrogen) atoms. The van der Waals surface area contributed by atoms with Crippen molar-refractivity contribution in [2.24, 2.45) is 0 Å². The Morgan fingerprint density at radius 1 is 1.17 bits per heavy atom. The van der Waals surface area contributed by atoms with E-state index in [-0.39, 0.29) is 5.91 Å². The molecule has 0 aromatic carbocycles. The zero-order valence-electron chi connectivity index (χ0n) is 16.6. The van der Waals surface area contributed by atoms with E-state index in [1.165, 1.54) is 11.8 Å². The van der Waals surface area contributed by atoms with Gasteiger partial charge in [0.1, 0.15) is 10.8 Å². The lowest BCUT2D eigenvalue weighted by molar-refractivity contribution is 0.0947. The van der Waals surface area contributed by atoms with Gasteiger partial charge in [-0.05, 0) is 43.7 Å². The molecule has 8 nitrogen and oxygen atoms in total. The molecule has 0 saturated carbocycles. The third kappa shape index (κ3) is 4.41. The standard InChI is InChI=1S/C21H20N6O2S/c1-14-18(15(2)29-26-14)13-30-21-17(5-3-8-22-21)20(28)24-12-16-6-7-19(23-11-16)27-10-4-9-25-27/h3-11H,12-13H2,1-2H3,(H,24,28). The molecule has 4 aromatic heterocycles. The number of carbonyl (C=O) groups excluding carboxylic acids is 1. The Balaban J connectivity index is 1.40. The maximum atomic E-state index is 12.8.